The van der Waals surface area contributed by atoms with Crippen molar-refractivity contribution in [1.82, 2.24) is 9.97 Å². The highest BCUT2D eigenvalue weighted by molar-refractivity contribution is 7.71. The number of aromatic nitrogens is 2. The summed E-state index contributed by atoms with van der Waals surface area (Å²) in [4.78, 5) is 7.57. The summed E-state index contributed by atoms with van der Waals surface area (Å²) in [6.45, 7) is 3.85. The summed E-state index contributed by atoms with van der Waals surface area (Å²) in [5.41, 5.74) is 3.26. The van der Waals surface area contributed by atoms with Crippen molar-refractivity contribution in [3.63, 3.8) is 0 Å². The molecule has 2 rings (SSSR count). The molecule has 0 bridgehead atoms. The van der Waals surface area contributed by atoms with Gasteiger partial charge in [0.1, 0.15) is 10.3 Å². The van der Waals surface area contributed by atoms with E-state index in [0.717, 1.165) is 17.0 Å². The molecule has 5 heteroatoms. The number of aromatic amines is 1. The fourth-order valence-corrected chi connectivity index (χ4v) is 2.17. The van der Waals surface area contributed by atoms with Crippen LogP contribution in [0.4, 0.5) is 0 Å². The van der Waals surface area contributed by atoms with Crippen molar-refractivity contribution in [2.24, 2.45) is 0 Å². The third kappa shape index (κ3) is 2.51. The minimum Gasteiger partial charge on any atom is -0.347 e. The minimum atomic E-state index is 0.567. The van der Waals surface area contributed by atoms with Gasteiger partial charge in [0.2, 0.25) is 0 Å². The molecular formula is C12H10Cl2N2S. The molecule has 2 nitrogen and oxygen atoms in total. The van der Waals surface area contributed by atoms with Crippen LogP contribution in [0.25, 0.3) is 11.3 Å². The number of rotatable bonds is 1. The normalized spacial score (nSPS) is 10.6. The summed E-state index contributed by atoms with van der Waals surface area (Å²) < 4.78 is 0.567. The molecule has 1 N–H and O–H groups in total. The van der Waals surface area contributed by atoms with Crippen LogP contribution in [-0.2, 0) is 0 Å². The second-order valence-electron chi connectivity index (χ2n) is 3.75. The Balaban J connectivity index is 2.72. The molecule has 0 spiro atoms. The average Bonchev–Trinajstić information content (AvgIpc) is 2.27. The summed E-state index contributed by atoms with van der Waals surface area (Å²) in [6.07, 6.45) is 0. The lowest BCUT2D eigenvalue weighted by Gasteiger charge is -2.07. The first-order valence-electron chi connectivity index (χ1n) is 5.02. The van der Waals surface area contributed by atoms with Crippen LogP contribution in [0.15, 0.2) is 18.2 Å². The largest absolute Gasteiger partial charge is 0.347 e. The van der Waals surface area contributed by atoms with Crippen molar-refractivity contribution in [3.8, 4) is 11.3 Å². The van der Waals surface area contributed by atoms with E-state index in [1.54, 1.807) is 18.2 Å². The maximum absolute atomic E-state index is 6.14. The molecule has 88 valence electrons. The molecule has 0 radical (unpaired) electrons. The van der Waals surface area contributed by atoms with E-state index in [9.17, 15) is 0 Å². The Morgan fingerprint density at radius 2 is 1.94 bits per heavy atom. The Bertz CT molecular complexity index is 635. The van der Waals surface area contributed by atoms with Crippen molar-refractivity contribution < 1.29 is 0 Å². The number of halogens is 2. The molecule has 17 heavy (non-hydrogen) atoms. The van der Waals surface area contributed by atoms with Gasteiger partial charge in [-0.15, -0.1) is 0 Å². The highest BCUT2D eigenvalue weighted by Gasteiger charge is 2.09. The number of benzene rings is 1. The summed E-state index contributed by atoms with van der Waals surface area (Å²) >= 11 is 17.4. The van der Waals surface area contributed by atoms with E-state index in [-0.39, 0.29) is 0 Å². The standard InChI is InChI=1S/C12H10Cl2N2S/c1-6-7(2)16-12(17)11(15-6)9-5-8(13)3-4-10(9)14/h3-5H,1-2H3,(H,16,17). The molecule has 0 amide bonds. The van der Waals surface area contributed by atoms with Crippen molar-refractivity contribution in [1.29, 1.82) is 0 Å². The summed E-state index contributed by atoms with van der Waals surface area (Å²) in [5, 5.41) is 1.20. The Morgan fingerprint density at radius 3 is 2.65 bits per heavy atom. The second kappa shape index (κ2) is 4.77. The molecule has 1 aromatic carbocycles. The topological polar surface area (TPSA) is 28.7 Å². The van der Waals surface area contributed by atoms with Crippen LogP contribution in [-0.4, -0.2) is 9.97 Å². The average molecular weight is 285 g/mol. The van der Waals surface area contributed by atoms with E-state index in [0.29, 0.717) is 20.4 Å². The lowest BCUT2D eigenvalue weighted by atomic mass is 10.1. The maximum Gasteiger partial charge on any atom is 0.130 e. The van der Waals surface area contributed by atoms with Crippen LogP contribution >= 0.6 is 35.4 Å². The van der Waals surface area contributed by atoms with E-state index in [2.05, 4.69) is 9.97 Å². The minimum absolute atomic E-state index is 0.567. The van der Waals surface area contributed by atoms with E-state index in [1.807, 2.05) is 13.8 Å². The predicted molar refractivity (Wildman–Crippen MR) is 74.4 cm³/mol. The van der Waals surface area contributed by atoms with Crippen LogP contribution in [0.1, 0.15) is 11.4 Å². The van der Waals surface area contributed by atoms with Gasteiger partial charge in [-0.3, -0.25) is 0 Å². The second-order valence-corrected chi connectivity index (χ2v) is 5.00. The summed E-state index contributed by atoms with van der Waals surface area (Å²) in [5.74, 6) is 0. The molecule has 0 aliphatic heterocycles. The third-order valence-corrected chi connectivity index (χ3v) is 3.38. The van der Waals surface area contributed by atoms with Gasteiger partial charge >= 0.3 is 0 Å². The van der Waals surface area contributed by atoms with Gasteiger partial charge in [0.05, 0.1) is 10.7 Å². The summed E-state index contributed by atoms with van der Waals surface area (Å²) in [7, 11) is 0. The molecule has 0 saturated carbocycles. The highest BCUT2D eigenvalue weighted by Crippen LogP contribution is 2.30. The van der Waals surface area contributed by atoms with Crippen LogP contribution < -0.4 is 0 Å². The zero-order chi connectivity index (χ0) is 12.6. The molecule has 1 aromatic heterocycles. The first-order chi connectivity index (χ1) is 7.99. The van der Waals surface area contributed by atoms with Gasteiger partial charge in [-0.1, -0.05) is 35.4 Å². The van der Waals surface area contributed by atoms with Crippen molar-refractivity contribution in [2.45, 2.75) is 13.8 Å². The number of hydrogen-bond donors (Lipinski definition) is 1. The lowest BCUT2D eigenvalue weighted by molar-refractivity contribution is 1.04. The van der Waals surface area contributed by atoms with Gasteiger partial charge < -0.3 is 4.98 Å². The van der Waals surface area contributed by atoms with Gasteiger partial charge in [-0.25, -0.2) is 4.98 Å². The van der Waals surface area contributed by atoms with Crippen LogP contribution in [0.3, 0.4) is 0 Å². The Kier molecular flexibility index (Phi) is 3.52. The molecule has 1 heterocycles. The zero-order valence-electron chi connectivity index (χ0n) is 9.34. The quantitative estimate of drug-likeness (QED) is 0.767. The van der Waals surface area contributed by atoms with Gasteiger partial charge in [0.15, 0.2) is 0 Å². The molecular weight excluding hydrogens is 275 g/mol. The smallest absolute Gasteiger partial charge is 0.130 e. The first-order valence-corrected chi connectivity index (χ1v) is 6.18. The number of nitrogens with one attached hydrogen (secondary N) is 1. The molecule has 0 aliphatic carbocycles. The molecule has 0 unspecified atom stereocenters. The van der Waals surface area contributed by atoms with Crippen LogP contribution in [0.2, 0.25) is 10.0 Å². The fraction of sp³-hybridized carbons (Fsp3) is 0.167. The van der Waals surface area contributed by atoms with Crippen molar-refractivity contribution >= 4 is 35.4 Å². The van der Waals surface area contributed by atoms with E-state index >= 15 is 0 Å². The predicted octanol–water partition coefficient (Wildman–Crippen LogP) is 4.73. The zero-order valence-corrected chi connectivity index (χ0v) is 11.7. The van der Waals surface area contributed by atoms with Crippen molar-refractivity contribution in [2.75, 3.05) is 0 Å². The van der Waals surface area contributed by atoms with Crippen LogP contribution in [0, 0.1) is 18.5 Å². The lowest BCUT2D eigenvalue weighted by Crippen LogP contribution is -1.96. The van der Waals surface area contributed by atoms with Crippen LogP contribution in [0.5, 0.6) is 0 Å². The monoisotopic (exact) mass is 284 g/mol. The molecule has 0 saturated heterocycles. The Hall–Kier alpha value is -0.900. The van der Waals surface area contributed by atoms with E-state index in [4.69, 9.17) is 35.4 Å². The number of H-pyrrole nitrogens is 1. The molecule has 2 aromatic rings. The Morgan fingerprint density at radius 1 is 1.24 bits per heavy atom. The highest BCUT2D eigenvalue weighted by atomic mass is 35.5. The van der Waals surface area contributed by atoms with Crippen molar-refractivity contribution in [3.05, 3.63) is 44.3 Å². The third-order valence-electron chi connectivity index (χ3n) is 2.52. The molecule has 0 atom stereocenters. The Labute approximate surface area is 115 Å². The number of nitrogens with zero attached hydrogens (tertiary/aromatic N) is 1. The first kappa shape index (κ1) is 12.6. The van der Waals surface area contributed by atoms with Gasteiger partial charge in [0.25, 0.3) is 0 Å². The fourth-order valence-electron chi connectivity index (χ4n) is 1.48. The van der Waals surface area contributed by atoms with Gasteiger partial charge in [0, 0.05) is 16.3 Å². The van der Waals surface area contributed by atoms with Gasteiger partial charge in [-0.2, -0.15) is 0 Å². The number of aryl methyl sites for hydroxylation is 2. The molecule has 0 aliphatic rings. The van der Waals surface area contributed by atoms with Gasteiger partial charge in [-0.05, 0) is 32.0 Å². The summed E-state index contributed by atoms with van der Waals surface area (Å²) in [6, 6.07) is 5.25. The van der Waals surface area contributed by atoms with E-state index < -0.39 is 0 Å². The maximum atomic E-state index is 6.14. The van der Waals surface area contributed by atoms with E-state index in [1.165, 1.54) is 0 Å². The SMILES string of the molecule is Cc1nc(-c2cc(Cl)ccc2Cl)c(=S)[nH]c1C. The number of hydrogen-bond acceptors (Lipinski definition) is 2. The molecule has 0 fully saturated rings.